The zero-order valence-corrected chi connectivity index (χ0v) is 16.1. The van der Waals surface area contributed by atoms with E-state index in [1.54, 1.807) is 11.3 Å². The highest BCUT2D eigenvalue weighted by Crippen LogP contribution is 2.20. The Hall–Kier alpha value is -1.14. The van der Waals surface area contributed by atoms with Crippen LogP contribution in [0.3, 0.4) is 0 Å². The number of aromatic nitrogens is 1. The average Bonchev–Trinajstić information content (AvgIpc) is 3.18. The van der Waals surface area contributed by atoms with E-state index in [4.69, 9.17) is 0 Å². The summed E-state index contributed by atoms with van der Waals surface area (Å²) in [5.41, 5.74) is 1.83. The SMILES string of the molecule is CNCC1CCN(C(=O)c2csc(Cc3ccccc3)n2)C1.Cl.Cl. The Bertz CT molecular complexity index is 636. The quantitative estimate of drug-likeness (QED) is 0.855. The highest BCUT2D eigenvalue weighted by Gasteiger charge is 2.27. The molecule has 1 aliphatic heterocycles. The van der Waals surface area contributed by atoms with Crippen molar-refractivity contribution in [2.24, 2.45) is 5.92 Å². The first kappa shape index (κ1) is 20.9. The van der Waals surface area contributed by atoms with Crippen molar-refractivity contribution in [2.75, 3.05) is 26.7 Å². The first-order valence-corrected chi connectivity index (χ1v) is 8.56. The molecule has 1 atom stereocenters. The van der Waals surface area contributed by atoms with Gasteiger partial charge < -0.3 is 10.2 Å². The number of amides is 1. The molecule has 24 heavy (non-hydrogen) atoms. The van der Waals surface area contributed by atoms with E-state index >= 15 is 0 Å². The van der Waals surface area contributed by atoms with E-state index in [0.717, 1.165) is 37.5 Å². The van der Waals surface area contributed by atoms with Crippen LogP contribution in [0.15, 0.2) is 35.7 Å². The zero-order valence-electron chi connectivity index (χ0n) is 13.6. The van der Waals surface area contributed by atoms with Crippen molar-refractivity contribution in [3.8, 4) is 0 Å². The van der Waals surface area contributed by atoms with E-state index in [9.17, 15) is 4.79 Å². The third kappa shape index (κ3) is 5.18. The lowest BCUT2D eigenvalue weighted by molar-refractivity contribution is 0.0782. The van der Waals surface area contributed by atoms with E-state index in [-0.39, 0.29) is 30.7 Å². The van der Waals surface area contributed by atoms with Crippen molar-refractivity contribution in [3.63, 3.8) is 0 Å². The molecule has 1 amide bonds. The Labute approximate surface area is 159 Å². The number of likely N-dealkylation sites (tertiary alicyclic amines) is 1. The molecule has 7 heteroatoms. The fourth-order valence-corrected chi connectivity index (χ4v) is 3.70. The summed E-state index contributed by atoms with van der Waals surface area (Å²) in [6, 6.07) is 10.2. The average molecular weight is 388 g/mol. The molecular formula is C17H23Cl2N3OS. The molecule has 0 spiro atoms. The van der Waals surface area contributed by atoms with Crippen molar-refractivity contribution >= 4 is 42.1 Å². The van der Waals surface area contributed by atoms with Crippen LogP contribution in [0.5, 0.6) is 0 Å². The summed E-state index contributed by atoms with van der Waals surface area (Å²) in [6.45, 7) is 2.65. The number of nitrogens with zero attached hydrogens (tertiary/aromatic N) is 2. The smallest absolute Gasteiger partial charge is 0.273 e. The molecule has 132 valence electrons. The van der Waals surface area contributed by atoms with Crippen molar-refractivity contribution in [2.45, 2.75) is 12.8 Å². The van der Waals surface area contributed by atoms with E-state index in [1.165, 1.54) is 5.56 Å². The molecule has 1 fully saturated rings. The van der Waals surface area contributed by atoms with Gasteiger partial charge in [-0.25, -0.2) is 4.98 Å². The molecule has 0 radical (unpaired) electrons. The molecule has 2 heterocycles. The number of halogens is 2. The lowest BCUT2D eigenvalue weighted by atomic mass is 10.1. The van der Waals surface area contributed by atoms with E-state index in [2.05, 4.69) is 22.4 Å². The topological polar surface area (TPSA) is 45.2 Å². The highest BCUT2D eigenvalue weighted by atomic mass is 35.5. The maximum atomic E-state index is 12.5. The number of benzene rings is 1. The standard InChI is InChI=1S/C17H21N3OS.2ClH/c1-18-10-14-7-8-20(11-14)17(21)15-12-22-16(19-15)9-13-5-3-2-4-6-13;;/h2-6,12,14,18H,7-11H2,1H3;2*1H. The Kier molecular flexibility index (Phi) is 8.70. The number of nitrogens with one attached hydrogen (secondary N) is 1. The second-order valence-corrected chi connectivity index (χ2v) is 6.70. The third-order valence-corrected chi connectivity index (χ3v) is 4.88. The van der Waals surface area contributed by atoms with Crippen LogP contribution in [0.1, 0.15) is 27.5 Å². The minimum Gasteiger partial charge on any atom is -0.337 e. The summed E-state index contributed by atoms with van der Waals surface area (Å²) < 4.78 is 0. The summed E-state index contributed by atoms with van der Waals surface area (Å²) >= 11 is 1.57. The lowest BCUT2D eigenvalue weighted by Crippen LogP contribution is -2.30. The van der Waals surface area contributed by atoms with E-state index in [0.29, 0.717) is 11.6 Å². The van der Waals surface area contributed by atoms with Crippen molar-refractivity contribution in [1.29, 1.82) is 0 Å². The molecule has 1 aromatic carbocycles. The van der Waals surface area contributed by atoms with Gasteiger partial charge >= 0.3 is 0 Å². The van der Waals surface area contributed by atoms with Gasteiger partial charge in [-0.05, 0) is 31.5 Å². The molecule has 2 aromatic rings. The van der Waals surface area contributed by atoms with Crippen molar-refractivity contribution < 1.29 is 4.79 Å². The van der Waals surface area contributed by atoms with Gasteiger partial charge in [0.1, 0.15) is 5.69 Å². The Morgan fingerprint density at radius 1 is 1.33 bits per heavy atom. The van der Waals surface area contributed by atoms with Crippen LogP contribution in [0.2, 0.25) is 0 Å². The monoisotopic (exact) mass is 387 g/mol. The summed E-state index contributed by atoms with van der Waals surface area (Å²) in [7, 11) is 1.96. The molecule has 3 rings (SSSR count). The number of carbonyl (C=O) groups is 1. The predicted molar refractivity (Wildman–Crippen MR) is 104 cm³/mol. The fraction of sp³-hybridized carbons (Fsp3) is 0.412. The van der Waals surface area contributed by atoms with Gasteiger partial charge in [-0.3, -0.25) is 4.79 Å². The van der Waals surface area contributed by atoms with Crippen LogP contribution in [-0.2, 0) is 6.42 Å². The first-order chi connectivity index (χ1) is 10.8. The van der Waals surface area contributed by atoms with Gasteiger partial charge in [-0.2, -0.15) is 0 Å². The largest absolute Gasteiger partial charge is 0.337 e. The van der Waals surface area contributed by atoms with Gasteiger partial charge in [-0.1, -0.05) is 30.3 Å². The number of hydrogen-bond acceptors (Lipinski definition) is 4. The predicted octanol–water partition coefficient (Wildman–Crippen LogP) is 3.26. The Morgan fingerprint density at radius 3 is 2.79 bits per heavy atom. The molecule has 1 N–H and O–H groups in total. The van der Waals surface area contributed by atoms with Crippen molar-refractivity contribution in [1.82, 2.24) is 15.2 Å². The lowest BCUT2D eigenvalue weighted by Gasteiger charge is -2.15. The number of thiazole rings is 1. The van der Waals surface area contributed by atoms with Crippen LogP contribution in [0.4, 0.5) is 0 Å². The van der Waals surface area contributed by atoms with Crippen molar-refractivity contribution in [3.05, 3.63) is 52.0 Å². The summed E-state index contributed by atoms with van der Waals surface area (Å²) in [5, 5.41) is 6.08. The first-order valence-electron chi connectivity index (χ1n) is 7.68. The van der Waals surface area contributed by atoms with Gasteiger partial charge in [0, 0.05) is 24.9 Å². The van der Waals surface area contributed by atoms with Gasteiger partial charge in [0.05, 0.1) is 5.01 Å². The fourth-order valence-electron chi connectivity index (χ4n) is 2.90. The van der Waals surface area contributed by atoms with Gasteiger partial charge in [0.25, 0.3) is 5.91 Å². The number of rotatable bonds is 5. The molecule has 0 bridgehead atoms. The minimum absolute atomic E-state index is 0. The van der Waals surface area contributed by atoms with Crippen LogP contribution < -0.4 is 5.32 Å². The number of hydrogen-bond donors (Lipinski definition) is 1. The van der Waals surface area contributed by atoms with Gasteiger partial charge in [0.15, 0.2) is 0 Å². The highest BCUT2D eigenvalue weighted by molar-refractivity contribution is 7.09. The van der Waals surface area contributed by atoms with Gasteiger partial charge in [0.2, 0.25) is 0 Å². The molecule has 0 saturated carbocycles. The van der Waals surface area contributed by atoms with Crippen LogP contribution in [-0.4, -0.2) is 42.5 Å². The number of carbonyl (C=O) groups excluding carboxylic acids is 1. The van der Waals surface area contributed by atoms with E-state index < -0.39 is 0 Å². The molecule has 4 nitrogen and oxygen atoms in total. The maximum absolute atomic E-state index is 12.5. The third-order valence-electron chi connectivity index (χ3n) is 4.03. The van der Waals surface area contributed by atoms with Crippen LogP contribution >= 0.6 is 36.2 Å². The Morgan fingerprint density at radius 2 is 2.08 bits per heavy atom. The second kappa shape index (κ2) is 9.99. The summed E-state index contributed by atoms with van der Waals surface area (Å²) in [5.74, 6) is 0.644. The molecule has 1 aliphatic rings. The van der Waals surface area contributed by atoms with Gasteiger partial charge in [-0.15, -0.1) is 36.2 Å². The summed E-state index contributed by atoms with van der Waals surface area (Å²) in [6.07, 6.45) is 1.87. The molecule has 1 saturated heterocycles. The Balaban J connectivity index is 0.00000144. The molecule has 0 aliphatic carbocycles. The maximum Gasteiger partial charge on any atom is 0.273 e. The minimum atomic E-state index is 0. The second-order valence-electron chi connectivity index (χ2n) is 5.75. The van der Waals surface area contributed by atoms with Crippen LogP contribution in [0, 0.1) is 5.92 Å². The van der Waals surface area contributed by atoms with E-state index in [1.807, 2.05) is 35.5 Å². The molecular weight excluding hydrogens is 365 g/mol. The van der Waals surface area contributed by atoms with Crippen LogP contribution in [0.25, 0.3) is 0 Å². The molecule has 1 aromatic heterocycles. The summed E-state index contributed by atoms with van der Waals surface area (Å²) in [4.78, 5) is 19.0. The molecule has 1 unspecified atom stereocenters. The zero-order chi connectivity index (χ0) is 15.4. The normalized spacial score (nSPS) is 16.4.